The Bertz CT molecular complexity index is 856. The van der Waals surface area contributed by atoms with Gasteiger partial charge >= 0.3 is 5.97 Å². The van der Waals surface area contributed by atoms with Crippen LogP contribution >= 0.6 is 0 Å². The first-order valence-electron chi connectivity index (χ1n) is 7.19. The molecule has 0 radical (unpaired) electrons. The molecule has 3 rings (SSSR count). The molecular formula is C17H15N3O3. The summed E-state index contributed by atoms with van der Waals surface area (Å²) in [7, 11) is 0. The number of nitrogens with zero attached hydrogens (tertiary/aromatic N) is 2. The smallest absolute Gasteiger partial charge is 0.358 e. The molecule has 23 heavy (non-hydrogen) atoms. The van der Waals surface area contributed by atoms with Gasteiger partial charge in [-0.1, -0.05) is 18.2 Å². The van der Waals surface area contributed by atoms with Gasteiger partial charge in [-0.05, 0) is 31.2 Å². The number of hydrogen-bond acceptors (Lipinski definition) is 4. The maximum atomic E-state index is 12.1. The molecule has 0 fully saturated rings. The fourth-order valence-corrected chi connectivity index (χ4v) is 2.16. The van der Waals surface area contributed by atoms with Crippen molar-refractivity contribution < 1.29 is 14.3 Å². The van der Waals surface area contributed by atoms with Crippen LogP contribution in [0.4, 0.5) is 5.69 Å². The molecule has 6 nitrogen and oxygen atoms in total. The van der Waals surface area contributed by atoms with Gasteiger partial charge in [0.1, 0.15) is 5.65 Å². The highest BCUT2D eigenvalue weighted by Gasteiger charge is 2.12. The third-order valence-corrected chi connectivity index (χ3v) is 3.23. The van der Waals surface area contributed by atoms with Crippen molar-refractivity contribution in [1.82, 2.24) is 9.38 Å². The van der Waals surface area contributed by atoms with E-state index in [0.717, 1.165) is 0 Å². The molecule has 0 spiro atoms. The number of anilines is 1. The van der Waals surface area contributed by atoms with Gasteiger partial charge in [0.25, 0.3) is 5.91 Å². The minimum atomic E-state index is -0.467. The molecule has 2 aromatic heterocycles. The molecule has 1 aromatic carbocycles. The van der Waals surface area contributed by atoms with Crippen molar-refractivity contribution in [1.29, 1.82) is 0 Å². The number of imidazole rings is 1. The first kappa shape index (κ1) is 14.8. The maximum absolute atomic E-state index is 12.1. The van der Waals surface area contributed by atoms with Crippen molar-refractivity contribution in [3.05, 3.63) is 66.1 Å². The van der Waals surface area contributed by atoms with Gasteiger partial charge in [0.15, 0.2) is 5.69 Å². The monoisotopic (exact) mass is 309 g/mol. The van der Waals surface area contributed by atoms with E-state index in [1.807, 2.05) is 6.07 Å². The summed E-state index contributed by atoms with van der Waals surface area (Å²) in [5.74, 6) is -0.665. The molecule has 3 aromatic rings. The minimum absolute atomic E-state index is 0.198. The van der Waals surface area contributed by atoms with Gasteiger partial charge < -0.3 is 14.5 Å². The highest BCUT2D eigenvalue weighted by molar-refractivity contribution is 6.04. The summed E-state index contributed by atoms with van der Waals surface area (Å²) >= 11 is 0. The molecule has 0 bridgehead atoms. The van der Waals surface area contributed by atoms with Gasteiger partial charge in [-0.15, -0.1) is 0 Å². The Balaban J connectivity index is 1.83. The zero-order chi connectivity index (χ0) is 16.2. The van der Waals surface area contributed by atoms with Crippen LogP contribution in [0.25, 0.3) is 5.65 Å². The molecule has 1 N–H and O–H groups in total. The molecule has 0 aliphatic heterocycles. The number of nitrogens with one attached hydrogen (secondary N) is 1. The van der Waals surface area contributed by atoms with Crippen molar-refractivity contribution in [2.24, 2.45) is 0 Å². The Hall–Kier alpha value is -3.15. The highest BCUT2D eigenvalue weighted by atomic mass is 16.5. The van der Waals surface area contributed by atoms with Crippen molar-refractivity contribution >= 4 is 23.2 Å². The Labute approximate surface area is 132 Å². The molecule has 116 valence electrons. The number of carbonyl (C=O) groups is 2. The average Bonchev–Trinajstić information content (AvgIpc) is 2.99. The van der Waals surface area contributed by atoms with Crippen LogP contribution in [0.3, 0.4) is 0 Å². The predicted octanol–water partition coefficient (Wildman–Crippen LogP) is 2.76. The van der Waals surface area contributed by atoms with Crippen molar-refractivity contribution in [2.45, 2.75) is 6.92 Å². The summed E-state index contributed by atoms with van der Waals surface area (Å²) in [6.45, 7) is 2.04. The van der Waals surface area contributed by atoms with Gasteiger partial charge in [0.05, 0.1) is 12.3 Å². The Morgan fingerprint density at radius 2 is 1.91 bits per heavy atom. The molecule has 2 heterocycles. The molecular weight excluding hydrogens is 294 g/mol. The second kappa shape index (κ2) is 6.31. The zero-order valence-electron chi connectivity index (χ0n) is 12.5. The van der Waals surface area contributed by atoms with Crippen molar-refractivity contribution in [2.75, 3.05) is 11.9 Å². The highest BCUT2D eigenvalue weighted by Crippen LogP contribution is 2.13. The van der Waals surface area contributed by atoms with E-state index in [0.29, 0.717) is 23.5 Å². The summed E-state index contributed by atoms with van der Waals surface area (Å²) < 4.78 is 6.60. The molecule has 0 unspecified atom stereocenters. The van der Waals surface area contributed by atoms with Crippen LogP contribution in [-0.2, 0) is 4.74 Å². The number of benzene rings is 1. The van der Waals surface area contributed by atoms with Gasteiger partial charge in [0.2, 0.25) is 0 Å². The zero-order valence-corrected chi connectivity index (χ0v) is 12.5. The van der Waals surface area contributed by atoms with E-state index in [1.54, 1.807) is 60.1 Å². The number of carbonyl (C=O) groups excluding carboxylic acids is 2. The predicted molar refractivity (Wildman–Crippen MR) is 85.5 cm³/mol. The SMILES string of the molecule is CCOC(=O)c1cn2cc(NC(=O)c3ccccc3)ccc2n1. The van der Waals surface area contributed by atoms with Crippen LogP contribution < -0.4 is 5.32 Å². The van der Waals surface area contributed by atoms with E-state index in [-0.39, 0.29) is 11.6 Å². The summed E-state index contributed by atoms with van der Waals surface area (Å²) in [6, 6.07) is 12.4. The first-order chi connectivity index (χ1) is 11.2. The van der Waals surface area contributed by atoms with Crippen LogP contribution in [0.2, 0.25) is 0 Å². The van der Waals surface area contributed by atoms with E-state index in [4.69, 9.17) is 4.74 Å². The van der Waals surface area contributed by atoms with Gasteiger partial charge in [-0.3, -0.25) is 4.79 Å². The van der Waals surface area contributed by atoms with Crippen LogP contribution in [0, 0.1) is 0 Å². The number of rotatable bonds is 4. The third-order valence-electron chi connectivity index (χ3n) is 3.23. The summed E-state index contributed by atoms with van der Waals surface area (Å²) in [4.78, 5) is 28.0. The molecule has 1 amide bonds. The molecule has 0 atom stereocenters. The van der Waals surface area contributed by atoms with Crippen LogP contribution in [0.1, 0.15) is 27.8 Å². The Kier molecular flexibility index (Phi) is 4.05. The molecule has 6 heteroatoms. The normalized spacial score (nSPS) is 10.5. The molecule has 0 saturated carbocycles. The number of aromatic nitrogens is 2. The Morgan fingerprint density at radius 3 is 2.65 bits per heavy atom. The second-order valence-corrected chi connectivity index (χ2v) is 4.85. The van der Waals surface area contributed by atoms with E-state index in [9.17, 15) is 9.59 Å². The summed E-state index contributed by atoms with van der Waals surface area (Å²) in [5.41, 5.74) is 2.02. The number of amides is 1. The van der Waals surface area contributed by atoms with Crippen LogP contribution in [-0.4, -0.2) is 27.9 Å². The van der Waals surface area contributed by atoms with E-state index in [1.165, 1.54) is 0 Å². The number of fused-ring (bicyclic) bond motifs is 1. The first-order valence-corrected chi connectivity index (χ1v) is 7.19. The van der Waals surface area contributed by atoms with E-state index < -0.39 is 5.97 Å². The number of pyridine rings is 1. The van der Waals surface area contributed by atoms with Gasteiger partial charge in [-0.2, -0.15) is 0 Å². The fourth-order valence-electron chi connectivity index (χ4n) is 2.16. The summed E-state index contributed by atoms with van der Waals surface area (Å²) in [6.07, 6.45) is 3.28. The van der Waals surface area contributed by atoms with Crippen molar-refractivity contribution in [3.63, 3.8) is 0 Å². The average molecular weight is 309 g/mol. The van der Waals surface area contributed by atoms with Gasteiger partial charge in [0, 0.05) is 18.0 Å². The standard InChI is InChI=1S/C17H15N3O3/c1-2-23-17(22)14-11-20-10-13(8-9-15(20)19-14)18-16(21)12-6-4-3-5-7-12/h3-11H,2H2,1H3,(H,18,21). The van der Waals surface area contributed by atoms with Crippen LogP contribution in [0.15, 0.2) is 54.9 Å². The van der Waals surface area contributed by atoms with Crippen LogP contribution in [0.5, 0.6) is 0 Å². The lowest BCUT2D eigenvalue weighted by atomic mass is 10.2. The fraction of sp³-hybridized carbons (Fsp3) is 0.118. The lowest BCUT2D eigenvalue weighted by molar-refractivity contribution is 0.0520. The third kappa shape index (κ3) is 3.21. The molecule has 0 aliphatic rings. The number of hydrogen-bond donors (Lipinski definition) is 1. The van der Waals surface area contributed by atoms with E-state index in [2.05, 4.69) is 10.3 Å². The topological polar surface area (TPSA) is 72.7 Å². The van der Waals surface area contributed by atoms with Crippen molar-refractivity contribution in [3.8, 4) is 0 Å². The van der Waals surface area contributed by atoms with Gasteiger partial charge in [-0.25, -0.2) is 9.78 Å². The Morgan fingerprint density at radius 1 is 1.13 bits per heavy atom. The number of esters is 1. The molecule has 0 saturated heterocycles. The largest absolute Gasteiger partial charge is 0.461 e. The lowest BCUT2D eigenvalue weighted by Gasteiger charge is -2.05. The minimum Gasteiger partial charge on any atom is -0.461 e. The maximum Gasteiger partial charge on any atom is 0.358 e. The van der Waals surface area contributed by atoms with E-state index >= 15 is 0 Å². The quantitative estimate of drug-likeness (QED) is 0.752. The second-order valence-electron chi connectivity index (χ2n) is 4.85. The number of ether oxygens (including phenoxy) is 1. The summed E-state index contributed by atoms with van der Waals surface area (Å²) in [5, 5.41) is 2.81. The lowest BCUT2D eigenvalue weighted by Crippen LogP contribution is -2.11. The molecule has 0 aliphatic carbocycles.